The Kier molecular flexibility index (Phi) is 5.44. The number of nitrogens with zero attached hydrogens (tertiary/aromatic N) is 1. The predicted octanol–water partition coefficient (Wildman–Crippen LogP) is 4.02. The number of nitrogens with one attached hydrogen (secondary N) is 1. The third-order valence-corrected chi connectivity index (χ3v) is 5.55. The zero-order valence-corrected chi connectivity index (χ0v) is 14.9. The normalized spacial score (nSPS) is 24.0. The van der Waals surface area contributed by atoms with E-state index in [-0.39, 0.29) is 17.7 Å². The van der Waals surface area contributed by atoms with Gasteiger partial charge in [-0.3, -0.25) is 9.59 Å². The van der Waals surface area contributed by atoms with Crippen LogP contribution in [0.15, 0.2) is 18.2 Å². The van der Waals surface area contributed by atoms with Crippen molar-refractivity contribution >= 4 is 29.1 Å². The lowest BCUT2D eigenvalue weighted by molar-refractivity contribution is -0.136. The minimum Gasteiger partial charge on any atom is -0.342 e. The molecule has 1 saturated heterocycles. The minimum absolute atomic E-state index is 0.00251. The Morgan fingerprint density at radius 3 is 2.33 bits per heavy atom. The maximum Gasteiger partial charge on any atom is 0.227 e. The van der Waals surface area contributed by atoms with E-state index in [2.05, 4.69) is 5.32 Å². The van der Waals surface area contributed by atoms with Gasteiger partial charge in [-0.15, -0.1) is 0 Å². The SMILES string of the molecule is Cc1cc(Cl)ccc1NC(=O)C1CCC(C(=O)N2CCCC2)CC1. The number of halogens is 1. The molecule has 4 nitrogen and oxygen atoms in total. The molecule has 0 aromatic heterocycles. The zero-order valence-electron chi connectivity index (χ0n) is 14.2. The van der Waals surface area contributed by atoms with Gasteiger partial charge in [0.1, 0.15) is 0 Å². The molecule has 2 amide bonds. The van der Waals surface area contributed by atoms with E-state index in [9.17, 15) is 9.59 Å². The van der Waals surface area contributed by atoms with E-state index in [1.165, 1.54) is 0 Å². The van der Waals surface area contributed by atoms with Crippen molar-refractivity contribution in [2.24, 2.45) is 11.8 Å². The highest BCUT2D eigenvalue weighted by atomic mass is 35.5. The number of anilines is 1. The van der Waals surface area contributed by atoms with Gasteiger partial charge < -0.3 is 10.2 Å². The fourth-order valence-electron chi connectivity index (χ4n) is 3.80. The lowest BCUT2D eigenvalue weighted by Gasteiger charge is -2.30. The zero-order chi connectivity index (χ0) is 17.1. The predicted molar refractivity (Wildman–Crippen MR) is 96.1 cm³/mol. The van der Waals surface area contributed by atoms with Crippen LogP contribution in [0.4, 0.5) is 5.69 Å². The minimum atomic E-state index is 0.00251. The summed E-state index contributed by atoms with van der Waals surface area (Å²) in [4.78, 5) is 27.0. The van der Waals surface area contributed by atoms with Crippen LogP contribution < -0.4 is 5.32 Å². The quantitative estimate of drug-likeness (QED) is 0.897. The van der Waals surface area contributed by atoms with Crippen LogP contribution in [0.25, 0.3) is 0 Å². The Labute approximate surface area is 148 Å². The summed E-state index contributed by atoms with van der Waals surface area (Å²) in [5, 5.41) is 3.69. The molecular weight excluding hydrogens is 324 g/mol. The second-order valence-electron chi connectivity index (χ2n) is 7.03. The number of rotatable bonds is 3. The average molecular weight is 349 g/mol. The smallest absolute Gasteiger partial charge is 0.227 e. The molecule has 0 bridgehead atoms. The van der Waals surface area contributed by atoms with Gasteiger partial charge in [-0.25, -0.2) is 0 Å². The number of aryl methyl sites for hydroxylation is 1. The van der Waals surface area contributed by atoms with E-state index < -0.39 is 0 Å². The van der Waals surface area contributed by atoms with Crippen LogP contribution in [0.5, 0.6) is 0 Å². The summed E-state index contributed by atoms with van der Waals surface area (Å²) in [5.41, 5.74) is 1.79. The first-order valence-electron chi connectivity index (χ1n) is 8.90. The molecule has 1 aliphatic heterocycles. The highest BCUT2D eigenvalue weighted by Gasteiger charge is 2.32. The molecule has 1 heterocycles. The molecule has 0 radical (unpaired) electrons. The van der Waals surface area contributed by atoms with Crippen molar-refractivity contribution < 1.29 is 9.59 Å². The second kappa shape index (κ2) is 7.56. The molecule has 2 fully saturated rings. The number of carbonyl (C=O) groups is 2. The van der Waals surface area contributed by atoms with Gasteiger partial charge in [0.15, 0.2) is 0 Å². The average Bonchev–Trinajstić information content (AvgIpc) is 3.11. The molecule has 1 aromatic rings. The van der Waals surface area contributed by atoms with E-state index in [0.29, 0.717) is 10.9 Å². The number of hydrogen-bond donors (Lipinski definition) is 1. The molecule has 3 rings (SSSR count). The Morgan fingerprint density at radius 2 is 1.71 bits per heavy atom. The van der Waals surface area contributed by atoms with Crippen LogP contribution in [0.2, 0.25) is 5.02 Å². The Hall–Kier alpha value is -1.55. The number of likely N-dealkylation sites (tertiary alicyclic amines) is 1. The molecule has 1 saturated carbocycles. The van der Waals surface area contributed by atoms with Gasteiger partial charge in [0.25, 0.3) is 0 Å². The Morgan fingerprint density at radius 1 is 1.08 bits per heavy atom. The summed E-state index contributed by atoms with van der Waals surface area (Å²) in [6.45, 7) is 3.76. The number of amides is 2. The molecule has 1 N–H and O–H groups in total. The molecule has 1 aliphatic carbocycles. The third-order valence-electron chi connectivity index (χ3n) is 5.31. The van der Waals surface area contributed by atoms with Gasteiger partial charge in [0, 0.05) is 35.6 Å². The van der Waals surface area contributed by atoms with Gasteiger partial charge in [0.2, 0.25) is 11.8 Å². The standard InChI is InChI=1S/C19H25ClN2O2/c1-13-12-16(20)8-9-17(13)21-18(23)14-4-6-15(7-5-14)19(24)22-10-2-3-11-22/h8-9,12,14-15H,2-7,10-11H2,1H3,(H,21,23). The van der Waals surface area contributed by atoms with Crippen molar-refractivity contribution in [1.82, 2.24) is 4.90 Å². The van der Waals surface area contributed by atoms with E-state index >= 15 is 0 Å². The first kappa shape index (κ1) is 17.3. The van der Waals surface area contributed by atoms with Crippen molar-refractivity contribution in [2.45, 2.75) is 45.4 Å². The van der Waals surface area contributed by atoms with Gasteiger partial charge in [-0.1, -0.05) is 11.6 Å². The summed E-state index contributed by atoms with van der Waals surface area (Å²) >= 11 is 5.95. The van der Waals surface area contributed by atoms with Crippen molar-refractivity contribution in [3.63, 3.8) is 0 Å². The maximum atomic E-state index is 12.5. The van der Waals surface area contributed by atoms with Gasteiger partial charge in [0.05, 0.1) is 0 Å². The summed E-state index contributed by atoms with van der Waals surface area (Å²) in [7, 11) is 0. The first-order chi connectivity index (χ1) is 11.5. The van der Waals surface area contributed by atoms with E-state index in [0.717, 1.165) is 62.9 Å². The molecule has 0 unspecified atom stereocenters. The van der Waals surface area contributed by atoms with Gasteiger partial charge in [-0.05, 0) is 69.2 Å². The molecule has 5 heteroatoms. The number of benzene rings is 1. The number of hydrogen-bond acceptors (Lipinski definition) is 2. The monoisotopic (exact) mass is 348 g/mol. The number of carbonyl (C=O) groups excluding carboxylic acids is 2. The van der Waals surface area contributed by atoms with Crippen molar-refractivity contribution in [1.29, 1.82) is 0 Å². The lowest BCUT2D eigenvalue weighted by atomic mass is 9.81. The molecular formula is C19H25ClN2O2. The largest absolute Gasteiger partial charge is 0.342 e. The summed E-state index contributed by atoms with van der Waals surface area (Å²) in [6, 6.07) is 5.48. The molecule has 1 aromatic carbocycles. The van der Waals surface area contributed by atoms with Crippen LogP contribution in [-0.2, 0) is 9.59 Å². The molecule has 24 heavy (non-hydrogen) atoms. The van der Waals surface area contributed by atoms with Crippen molar-refractivity contribution in [3.05, 3.63) is 28.8 Å². The summed E-state index contributed by atoms with van der Waals surface area (Å²) in [5.74, 6) is 0.486. The van der Waals surface area contributed by atoms with Crippen LogP contribution in [0.1, 0.15) is 44.1 Å². The van der Waals surface area contributed by atoms with Crippen molar-refractivity contribution in [3.8, 4) is 0 Å². The van der Waals surface area contributed by atoms with E-state index in [1.54, 1.807) is 6.07 Å². The molecule has 130 valence electrons. The van der Waals surface area contributed by atoms with Crippen LogP contribution in [-0.4, -0.2) is 29.8 Å². The summed E-state index contributed by atoms with van der Waals surface area (Å²) < 4.78 is 0. The van der Waals surface area contributed by atoms with Crippen LogP contribution in [0.3, 0.4) is 0 Å². The lowest BCUT2D eigenvalue weighted by Crippen LogP contribution is -2.37. The highest BCUT2D eigenvalue weighted by Crippen LogP contribution is 2.32. The third kappa shape index (κ3) is 3.92. The van der Waals surface area contributed by atoms with Crippen molar-refractivity contribution in [2.75, 3.05) is 18.4 Å². The topological polar surface area (TPSA) is 49.4 Å². The van der Waals surface area contributed by atoms with Gasteiger partial charge >= 0.3 is 0 Å². The van der Waals surface area contributed by atoms with E-state index in [1.807, 2.05) is 24.0 Å². The van der Waals surface area contributed by atoms with E-state index in [4.69, 9.17) is 11.6 Å². The highest BCUT2D eigenvalue weighted by molar-refractivity contribution is 6.30. The van der Waals surface area contributed by atoms with Gasteiger partial charge in [-0.2, -0.15) is 0 Å². The summed E-state index contributed by atoms with van der Waals surface area (Å²) in [6.07, 6.45) is 5.50. The first-order valence-corrected chi connectivity index (χ1v) is 9.28. The second-order valence-corrected chi connectivity index (χ2v) is 7.47. The Balaban J connectivity index is 1.52. The Bertz CT molecular complexity index is 618. The fourth-order valence-corrected chi connectivity index (χ4v) is 4.03. The molecule has 0 atom stereocenters. The molecule has 0 spiro atoms. The molecule has 2 aliphatic rings. The van der Waals surface area contributed by atoms with Crippen LogP contribution in [0, 0.1) is 18.8 Å². The maximum absolute atomic E-state index is 12.5. The fraction of sp³-hybridized carbons (Fsp3) is 0.579. The van der Waals surface area contributed by atoms with Crippen LogP contribution >= 0.6 is 11.6 Å².